The first kappa shape index (κ1) is 14.4. The van der Waals surface area contributed by atoms with Crippen LogP contribution in [0.15, 0.2) is 18.5 Å². The van der Waals surface area contributed by atoms with Crippen LogP contribution in [-0.2, 0) is 11.3 Å². The van der Waals surface area contributed by atoms with Crippen molar-refractivity contribution in [2.24, 2.45) is 5.73 Å². The van der Waals surface area contributed by atoms with Crippen molar-refractivity contribution >= 4 is 28.8 Å². The van der Waals surface area contributed by atoms with E-state index in [1.54, 1.807) is 24.1 Å². The van der Waals surface area contributed by atoms with Crippen LogP contribution in [0, 0.1) is 6.92 Å². The van der Waals surface area contributed by atoms with Gasteiger partial charge in [0, 0.05) is 19.0 Å². The molecule has 0 aliphatic heterocycles. The summed E-state index contributed by atoms with van der Waals surface area (Å²) < 4.78 is 6.77. The van der Waals surface area contributed by atoms with E-state index in [-0.39, 0.29) is 4.99 Å². The number of hydrogen-bond donors (Lipinski definition) is 2. The van der Waals surface area contributed by atoms with Gasteiger partial charge in [-0.3, -0.25) is 4.68 Å². The lowest BCUT2D eigenvalue weighted by Crippen LogP contribution is -2.13. The summed E-state index contributed by atoms with van der Waals surface area (Å²) in [4.78, 5) is 8.78. The minimum Gasteiger partial charge on any atom is -0.388 e. The van der Waals surface area contributed by atoms with E-state index in [0.717, 1.165) is 11.4 Å². The monoisotopic (exact) mass is 292 g/mol. The largest absolute Gasteiger partial charge is 0.388 e. The highest BCUT2D eigenvalue weighted by Crippen LogP contribution is 2.13. The van der Waals surface area contributed by atoms with Crippen LogP contribution in [-0.4, -0.2) is 38.5 Å². The lowest BCUT2D eigenvalue weighted by Gasteiger charge is -2.05. The van der Waals surface area contributed by atoms with Crippen LogP contribution in [0.1, 0.15) is 11.4 Å². The Morgan fingerprint density at radius 3 is 3.00 bits per heavy atom. The molecule has 0 radical (unpaired) electrons. The molecule has 7 nitrogen and oxygen atoms in total. The molecule has 2 heterocycles. The van der Waals surface area contributed by atoms with Gasteiger partial charge in [-0.15, -0.1) is 0 Å². The molecule has 2 aromatic rings. The highest BCUT2D eigenvalue weighted by atomic mass is 32.1. The van der Waals surface area contributed by atoms with Crippen molar-refractivity contribution < 1.29 is 4.74 Å². The molecule has 0 amide bonds. The molecule has 3 N–H and O–H groups in total. The normalized spacial score (nSPS) is 10.5. The number of hydrogen-bond acceptors (Lipinski definition) is 6. The molecule has 0 saturated carbocycles. The van der Waals surface area contributed by atoms with Crippen molar-refractivity contribution in [1.82, 2.24) is 19.7 Å². The van der Waals surface area contributed by atoms with Crippen LogP contribution in [0.5, 0.6) is 0 Å². The van der Waals surface area contributed by atoms with E-state index in [0.29, 0.717) is 24.8 Å². The lowest BCUT2D eigenvalue weighted by atomic mass is 10.3. The summed E-state index contributed by atoms with van der Waals surface area (Å²) in [6.07, 6.45) is 3.55. The Labute approximate surface area is 122 Å². The Morgan fingerprint density at radius 1 is 1.50 bits per heavy atom. The average Bonchev–Trinajstić information content (AvgIpc) is 2.83. The zero-order chi connectivity index (χ0) is 14.5. The van der Waals surface area contributed by atoms with E-state index in [1.807, 2.05) is 13.1 Å². The molecule has 0 saturated heterocycles. The predicted octanol–water partition coefficient (Wildman–Crippen LogP) is 1.01. The smallest absolute Gasteiger partial charge is 0.228 e. The number of thiocarbonyl (C=S) groups is 1. The minimum atomic E-state index is 0.245. The van der Waals surface area contributed by atoms with Crippen LogP contribution >= 0.6 is 12.2 Å². The third kappa shape index (κ3) is 3.72. The van der Waals surface area contributed by atoms with Crippen molar-refractivity contribution in [3.05, 3.63) is 29.8 Å². The molecule has 8 heteroatoms. The van der Waals surface area contributed by atoms with Gasteiger partial charge >= 0.3 is 0 Å². The fourth-order valence-corrected chi connectivity index (χ4v) is 1.72. The number of anilines is 2. The Hall–Kier alpha value is -2.06. The maximum absolute atomic E-state index is 5.59. The quantitative estimate of drug-likeness (QED) is 0.768. The number of nitrogens with one attached hydrogen (secondary N) is 1. The number of nitrogens with two attached hydrogens (primary N) is 1. The first-order valence-electron chi connectivity index (χ1n) is 6.02. The fraction of sp³-hybridized carbons (Fsp3) is 0.333. The van der Waals surface area contributed by atoms with Crippen molar-refractivity contribution in [3.63, 3.8) is 0 Å². The Bertz CT molecular complexity index is 612. The maximum atomic E-state index is 5.59. The van der Waals surface area contributed by atoms with Crippen molar-refractivity contribution in [1.29, 1.82) is 0 Å². The van der Waals surface area contributed by atoms with Crippen LogP contribution in [0.3, 0.4) is 0 Å². The number of nitrogens with zero attached hydrogens (tertiary/aromatic N) is 4. The van der Waals surface area contributed by atoms with Crippen LogP contribution in [0.4, 0.5) is 11.6 Å². The van der Waals surface area contributed by atoms with Gasteiger partial charge in [0.25, 0.3) is 0 Å². The summed E-state index contributed by atoms with van der Waals surface area (Å²) in [5, 5.41) is 7.27. The summed E-state index contributed by atoms with van der Waals surface area (Å²) >= 11 is 4.93. The Kier molecular flexibility index (Phi) is 4.59. The molecule has 0 aromatic carbocycles. The molecule has 106 valence electrons. The van der Waals surface area contributed by atoms with E-state index in [9.17, 15) is 0 Å². The van der Waals surface area contributed by atoms with Gasteiger partial charge in [-0.05, 0) is 13.0 Å². The molecule has 20 heavy (non-hydrogen) atoms. The SMILES string of the molecule is COCCn1cc(Nc2nc(C)cc(C(N)=S)n2)cn1. The molecule has 0 fully saturated rings. The topological polar surface area (TPSA) is 90.9 Å². The molecule has 0 atom stereocenters. The number of aromatic nitrogens is 4. The number of ether oxygens (including phenoxy) is 1. The third-order valence-corrected chi connectivity index (χ3v) is 2.73. The molecule has 2 rings (SSSR count). The molecular weight excluding hydrogens is 276 g/mol. The second kappa shape index (κ2) is 6.40. The van der Waals surface area contributed by atoms with Gasteiger partial charge in [0.1, 0.15) is 10.7 Å². The van der Waals surface area contributed by atoms with E-state index >= 15 is 0 Å². The van der Waals surface area contributed by atoms with Gasteiger partial charge < -0.3 is 15.8 Å². The maximum Gasteiger partial charge on any atom is 0.228 e. The minimum absolute atomic E-state index is 0.245. The second-order valence-electron chi connectivity index (χ2n) is 4.19. The highest BCUT2D eigenvalue weighted by Gasteiger charge is 2.06. The Morgan fingerprint density at radius 2 is 2.30 bits per heavy atom. The predicted molar refractivity (Wildman–Crippen MR) is 80.0 cm³/mol. The molecular formula is C12H16N6OS. The van der Waals surface area contributed by atoms with E-state index in [2.05, 4.69) is 20.4 Å². The van der Waals surface area contributed by atoms with Gasteiger partial charge in [-0.2, -0.15) is 5.10 Å². The number of rotatable bonds is 6. The summed E-state index contributed by atoms with van der Waals surface area (Å²) in [6, 6.07) is 1.75. The van der Waals surface area contributed by atoms with Crippen LogP contribution < -0.4 is 11.1 Å². The summed E-state index contributed by atoms with van der Waals surface area (Å²) in [5.74, 6) is 0.444. The van der Waals surface area contributed by atoms with Crippen molar-refractivity contribution in [2.45, 2.75) is 13.5 Å². The van der Waals surface area contributed by atoms with E-state index < -0.39 is 0 Å². The molecule has 0 aliphatic rings. The van der Waals surface area contributed by atoms with Crippen LogP contribution in [0.2, 0.25) is 0 Å². The Balaban J connectivity index is 2.13. The van der Waals surface area contributed by atoms with Gasteiger partial charge in [0.15, 0.2) is 0 Å². The second-order valence-corrected chi connectivity index (χ2v) is 4.63. The number of aryl methyl sites for hydroxylation is 1. The molecule has 0 unspecified atom stereocenters. The molecule has 2 aromatic heterocycles. The molecule has 0 bridgehead atoms. The number of methoxy groups -OCH3 is 1. The fourth-order valence-electron chi connectivity index (χ4n) is 1.62. The van der Waals surface area contributed by atoms with Gasteiger partial charge in [0.05, 0.1) is 25.0 Å². The van der Waals surface area contributed by atoms with Crippen molar-refractivity contribution in [3.8, 4) is 0 Å². The van der Waals surface area contributed by atoms with Crippen molar-refractivity contribution in [2.75, 3.05) is 19.0 Å². The highest BCUT2D eigenvalue weighted by molar-refractivity contribution is 7.80. The summed E-state index contributed by atoms with van der Waals surface area (Å²) in [5.41, 5.74) is 7.71. The first-order chi connectivity index (χ1) is 9.58. The van der Waals surface area contributed by atoms with Gasteiger partial charge in [-0.25, -0.2) is 9.97 Å². The summed E-state index contributed by atoms with van der Waals surface area (Å²) in [7, 11) is 1.65. The standard InChI is InChI=1S/C12H16N6OS/c1-8-5-10(11(13)20)17-12(15-8)16-9-6-14-18(7-9)3-4-19-2/h5-7H,3-4H2,1-2H3,(H2,13,20)(H,15,16,17). The molecule has 0 spiro atoms. The average molecular weight is 292 g/mol. The molecule has 0 aliphatic carbocycles. The van der Waals surface area contributed by atoms with Crippen LogP contribution in [0.25, 0.3) is 0 Å². The van der Waals surface area contributed by atoms with E-state index in [1.165, 1.54) is 0 Å². The zero-order valence-corrected chi connectivity index (χ0v) is 12.1. The third-order valence-electron chi connectivity index (χ3n) is 2.52. The lowest BCUT2D eigenvalue weighted by molar-refractivity contribution is 0.183. The van der Waals surface area contributed by atoms with Gasteiger partial charge in [0.2, 0.25) is 5.95 Å². The first-order valence-corrected chi connectivity index (χ1v) is 6.43. The van der Waals surface area contributed by atoms with Gasteiger partial charge in [-0.1, -0.05) is 12.2 Å². The van der Waals surface area contributed by atoms with E-state index in [4.69, 9.17) is 22.7 Å². The summed E-state index contributed by atoms with van der Waals surface area (Å²) in [6.45, 7) is 3.15. The zero-order valence-electron chi connectivity index (χ0n) is 11.3.